The molecule has 1 amide bonds. The summed E-state index contributed by atoms with van der Waals surface area (Å²) in [6, 6.07) is 3.24. The third kappa shape index (κ3) is 4.44. The van der Waals surface area contributed by atoms with Crippen molar-refractivity contribution in [3.05, 3.63) is 35.3 Å². The molecule has 32 heavy (non-hydrogen) atoms. The summed E-state index contributed by atoms with van der Waals surface area (Å²) in [5.41, 5.74) is -0.863. The third-order valence-corrected chi connectivity index (χ3v) is 6.58. The monoisotopic (exact) mass is 473 g/mol. The normalized spacial score (nSPS) is 19.0. The van der Waals surface area contributed by atoms with Crippen molar-refractivity contribution in [3.8, 4) is 0 Å². The summed E-state index contributed by atoms with van der Waals surface area (Å²) >= 11 is 1.38. The number of thioether (sulfide) groups is 1. The summed E-state index contributed by atoms with van der Waals surface area (Å²) < 4.78 is 57.9. The maximum atomic E-state index is 14.1. The second-order valence-electron chi connectivity index (χ2n) is 8.82. The minimum absolute atomic E-state index is 0.0215. The average molecular weight is 474 g/mol. The van der Waals surface area contributed by atoms with E-state index in [1.165, 1.54) is 28.3 Å². The lowest BCUT2D eigenvalue weighted by Crippen LogP contribution is -2.47. The van der Waals surface area contributed by atoms with Crippen LogP contribution >= 0.6 is 11.8 Å². The molecule has 0 radical (unpaired) electrons. The zero-order valence-electron chi connectivity index (χ0n) is 18.0. The van der Waals surface area contributed by atoms with Crippen LogP contribution < -0.4 is 14.9 Å². The van der Waals surface area contributed by atoms with Gasteiger partial charge in [-0.25, -0.2) is 17.6 Å². The first-order valence-electron chi connectivity index (χ1n) is 10.3. The molecule has 0 aliphatic heterocycles. The fourth-order valence-electron chi connectivity index (χ4n) is 4.43. The number of hydrogen-bond donors (Lipinski definition) is 1. The van der Waals surface area contributed by atoms with E-state index in [2.05, 4.69) is 10.4 Å². The summed E-state index contributed by atoms with van der Waals surface area (Å²) in [6.07, 6.45) is 1.24. The Hall–Kier alpha value is -2.30. The van der Waals surface area contributed by atoms with Gasteiger partial charge in [0, 0.05) is 42.2 Å². The Balaban J connectivity index is 1.69. The maximum Gasteiger partial charge on any atom is 0.292 e. The number of rotatable bonds is 8. The zero-order chi connectivity index (χ0) is 23.3. The van der Waals surface area contributed by atoms with Gasteiger partial charge >= 0.3 is 0 Å². The largest absolute Gasteiger partial charge is 0.320 e. The van der Waals surface area contributed by atoms with Gasteiger partial charge in [-0.05, 0) is 24.5 Å². The number of carbonyl (C=O) groups excluding carboxylic acids is 1. The summed E-state index contributed by atoms with van der Waals surface area (Å²) in [5, 5.41) is 7.69. The quantitative estimate of drug-likeness (QED) is 0.350. The summed E-state index contributed by atoms with van der Waals surface area (Å²) in [7, 11) is 1.50. The number of alkyl halides is 4. The van der Waals surface area contributed by atoms with Crippen LogP contribution in [0.1, 0.15) is 66.7 Å². The molecule has 0 atom stereocenters. The van der Waals surface area contributed by atoms with Crippen LogP contribution in [0, 0.1) is 5.41 Å². The molecule has 1 N–H and O–H groups in total. The van der Waals surface area contributed by atoms with Crippen molar-refractivity contribution >= 4 is 23.4 Å². The predicted molar refractivity (Wildman–Crippen MR) is 110 cm³/mol. The Bertz CT molecular complexity index is 1030. The van der Waals surface area contributed by atoms with Gasteiger partial charge in [0.1, 0.15) is 12.8 Å². The number of nitrogens with one attached hydrogen (secondary N) is 1. The standard InChI is InChI=1S/C21H24F4N4O2S/c1-20(9-21(24,25)10-20)11-28-17(15(18(22)23)16(27-28)12-4-5-12)19(30)26-13-6-7-29(31-2)14(8-13)32-3/h6-8,12,18H,4-5,9-11H2,1-3H3/p+1. The lowest BCUT2D eigenvalue weighted by molar-refractivity contribution is -0.913. The number of anilines is 1. The third-order valence-electron chi connectivity index (χ3n) is 5.87. The zero-order valence-corrected chi connectivity index (χ0v) is 18.8. The minimum atomic E-state index is -2.90. The lowest BCUT2D eigenvalue weighted by atomic mass is 9.67. The number of amides is 1. The van der Waals surface area contributed by atoms with E-state index in [0.717, 1.165) is 12.8 Å². The molecule has 2 fully saturated rings. The molecule has 2 aromatic rings. The number of halogens is 4. The Morgan fingerprint density at radius 3 is 2.62 bits per heavy atom. The molecule has 2 saturated carbocycles. The molecule has 0 saturated heterocycles. The van der Waals surface area contributed by atoms with Crippen molar-refractivity contribution in [2.45, 2.75) is 62.4 Å². The van der Waals surface area contributed by atoms with Crippen LogP contribution in [0.2, 0.25) is 0 Å². The van der Waals surface area contributed by atoms with Crippen LogP contribution in [0.4, 0.5) is 23.2 Å². The average Bonchev–Trinajstić information content (AvgIpc) is 3.47. The Kier molecular flexibility index (Phi) is 5.89. The van der Waals surface area contributed by atoms with Gasteiger partial charge in [0.05, 0.1) is 16.9 Å². The van der Waals surface area contributed by atoms with Gasteiger partial charge in [-0.2, -0.15) is 5.10 Å². The molecule has 2 aromatic heterocycles. The van der Waals surface area contributed by atoms with Gasteiger partial charge in [0.15, 0.2) is 0 Å². The van der Waals surface area contributed by atoms with E-state index < -0.39 is 29.2 Å². The van der Waals surface area contributed by atoms with Gasteiger partial charge in [-0.1, -0.05) is 18.7 Å². The second-order valence-corrected chi connectivity index (χ2v) is 9.65. The first-order valence-corrected chi connectivity index (χ1v) is 11.5. The molecular formula is C21H25F4N4O2S+. The van der Waals surface area contributed by atoms with Crippen LogP contribution in [-0.2, 0) is 6.54 Å². The van der Waals surface area contributed by atoms with Crippen molar-refractivity contribution in [2.75, 3.05) is 18.7 Å². The van der Waals surface area contributed by atoms with E-state index in [-0.39, 0.29) is 36.7 Å². The van der Waals surface area contributed by atoms with Crippen LogP contribution in [0.25, 0.3) is 0 Å². The minimum Gasteiger partial charge on any atom is -0.320 e. The smallest absolute Gasteiger partial charge is 0.292 e. The number of aromatic nitrogens is 3. The number of nitrogens with zero attached hydrogens (tertiary/aromatic N) is 3. The number of carbonyl (C=O) groups is 1. The van der Waals surface area contributed by atoms with Crippen LogP contribution in [-0.4, -0.2) is 35.0 Å². The molecule has 2 aliphatic carbocycles. The van der Waals surface area contributed by atoms with Crippen molar-refractivity contribution in [1.82, 2.24) is 9.78 Å². The summed E-state index contributed by atoms with van der Waals surface area (Å²) in [5.74, 6) is -3.64. The van der Waals surface area contributed by atoms with Gasteiger partial charge in [0.2, 0.25) is 12.1 Å². The second kappa shape index (κ2) is 8.24. The van der Waals surface area contributed by atoms with Gasteiger partial charge < -0.3 is 5.32 Å². The molecule has 6 nitrogen and oxygen atoms in total. The van der Waals surface area contributed by atoms with E-state index in [9.17, 15) is 22.4 Å². The molecule has 4 rings (SSSR count). The van der Waals surface area contributed by atoms with E-state index >= 15 is 0 Å². The number of hydrogen-bond acceptors (Lipinski definition) is 4. The highest BCUT2D eigenvalue weighted by Crippen LogP contribution is 2.53. The predicted octanol–water partition coefficient (Wildman–Crippen LogP) is 4.45. The van der Waals surface area contributed by atoms with Gasteiger partial charge in [-0.15, -0.1) is 0 Å². The Morgan fingerprint density at radius 1 is 1.41 bits per heavy atom. The van der Waals surface area contributed by atoms with Gasteiger partial charge in [0.25, 0.3) is 17.4 Å². The van der Waals surface area contributed by atoms with Crippen molar-refractivity contribution < 1.29 is 31.9 Å². The van der Waals surface area contributed by atoms with Crippen LogP contribution in [0.3, 0.4) is 0 Å². The van der Waals surface area contributed by atoms with Crippen molar-refractivity contribution in [1.29, 1.82) is 0 Å². The molecule has 11 heteroatoms. The van der Waals surface area contributed by atoms with Crippen LogP contribution in [0.5, 0.6) is 0 Å². The fourth-order valence-corrected chi connectivity index (χ4v) is 4.99. The molecule has 0 aromatic carbocycles. The molecule has 174 valence electrons. The molecule has 2 aliphatic rings. The van der Waals surface area contributed by atoms with Gasteiger partial charge in [-0.3, -0.25) is 14.3 Å². The molecule has 0 unspecified atom stereocenters. The Morgan fingerprint density at radius 2 is 2.09 bits per heavy atom. The number of pyridine rings is 1. The van der Waals surface area contributed by atoms with E-state index in [4.69, 9.17) is 4.84 Å². The fraction of sp³-hybridized carbons (Fsp3) is 0.571. The van der Waals surface area contributed by atoms with E-state index in [0.29, 0.717) is 10.7 Å². The highest BCUT2D eigenvalue weighted by molar-refractivity contribution is 7.98. The molecule has 0 bridgehead atoms. The summed E-state index contributed by atoms with van der Waals surface area (Å²) in [4.78, 5) is 18.4. The van der Waals surface area contributed by atoms with E-state index in [1.54, 1.807) is 25.3 Å². The van der Waals surface area contributed by atoms with Crippen molar-refractivity contribution in [3.63, 3.8) is 0 Å². The first kappa shape index (κ1) is 22.9. The topological polar surface area (TPSA) is 60.0 Å². The highest BCUT2D eigenvalue weighted by Gasteiger charge is 2.54. The maximum absolute atomic E-state index is 14.1. The highest BCUT2D eigenvalue weighted by atomic mass is 32.2. The van der Waals surface area contributed by atoms with E-state index in [1.807, 2.05) is 6.26 Å². The molecular weight excluding hydrogens is 448 g/mol. The first-order chi connectivity index (χ1) is 15.1. The van der Waals surface area contributed by atoms with Crippen LogP contribution in [0.15, 0.2) is 23.4 Å². The molecule has 0 spiro atoms. The Labute approximate surface area is 187 Å². The van der Waals surface area contributed by atoms with Crippen molar-refractivity contribution in [2.24, 2.45) is 5.41 Å². The summed E-state index contributed by atoms with van der Waals surface area (Å²) in [6.45, 7) is 1.64. The molecule has 2 heterocycles. The lowest BCUT2D eigenvalue weighted by Gasteiger charge is -2.44. The SMILES string of the molecule is CO[n+]1ccc(NC(=O)c2c(C(F)F)c(C3CC3)nn2CC2(C)CC(F)(F)C2)cc1SC.